The first-order valence-corrected chi connectivity index (χ1v) is 9.92. The molecule has 2 rings (SSSR count). The van der Waals surface area contributed by atoms with Gasteiger partial charge in [-0.1, -0.05) is 42.5 Å². The summed E-state index contributed by atoms with van der Waals surface area (Å²) in [5, 5.41) is 6.71. The van der Waals surface area contributed by atoms with Gasteiger partial charge in [0.05, 0.1) is 13.7 Å². The molecular weight excluding hydrogens is 350 g/mol. The Balaban J connectivity index is 1.55. The van der Waals surface area contributed by atoms with Crippen LogP contribution in [0.1, 0.15) is 29.5 Å². The first kappa shape index (κ1) is 21.8. The maximum Gasteiger partial charge on any atom is 0.190 e. The molecule has 0 saturated carbocycles. The third-order valence-corrected chi connectivity index (χ3v) is 4.52. The van der Waals surface area contributed by atoms with Gasteiger partial charge in [-0.05, 0) is 48.9 Å². The normalized spacial score (nSPS) is 11.3. The molecule has 2 aromatic carbocycles. The van der Waals surface area contributed by atoms with Gasteiger partial charge < -0.3 is 20.1 Å². The van der Waals surface area contributed by atoms with Crippen molar-refractivity contribution in [3.05, 3.63) is 65.2 Å². The highest BCUT2D eigenvalue weighted by atomic mass is 16.5. The summed E-state index contributed by atoms with van der Waals surface area (Å²) in [6.45, 7) is 5.22. The molecule has 0 bridgehead atoms. The summed E-state index contributed by atoms with van der Waals surface area (Å²) in [7, 11) is 3.51. The van der Waals surface area contributed by atoms with E-state index < -0.39 is 0 Å². The summed E-state index contributed by atoms with van der Waals surface area (Å²) in [4.78, 5) is 4.28. The van der Waals surface area contributed by atoms with E-state index >= 15 is 0 Å². The van der Waals surface area contributed by atoms with Crippen molar-refractivity contribution in [1.29, 1.82) is 0 Å². The monoisotopic (exact) mass is 383 g/mol. The minimum Gasteiger partial charge on any atom is -0.496 e. The average Bonchev–Trinajstić information content (AvgIpc) is 2.73. The number of nitrogens with zero attached hydrogens (tertiary/aromatic N) is 1. The van der Waals surface area contributed by atoms with Crippen LogP contribution in [0.15, 0.2) is 53.5 Å². The molecule has 0 aromatic heterocycles. The maximum absolute atomic E-state index is 5.71. The zero-order valence-electron chi connectivity index (χ0n) is 17.3. The van der Waals surface area contributed by atoms with Crippen LogP contribution in [0, 0.1) is 6.92 Å². The van der Waals surface area contributed by atoms with E-state index in [4.69, 9.17) is 9.47 Å². The lowest BCUT2D eigenvalue weighted by molar-refractivity contribution is 0.117. The molecule has 28 heavy (non-hydrogen) atoms. The number of rotatable bonds is 11. The van der Waals surface area contributed by atoms with Crippen molar-refractivity contribution < 1.29 is 9.47 Å². The van der Waals surface area contributed by atoms with E-state index in [1.807, 2.05) is 18.2 Å². The van der Waals surface area contributed by atoms with Gasteiger partial charge in [-0.25, -0.2) is 0 Å². The van der Waals surface area contributed by atoms with Gasteiger partial charge in [-0.15, -0.1) is 0 Å². The van der Waals surface area contributed by atoms with Crippen molar-refractivity contribution in [2.45, 2.75) is 32.8 Å². The zero-order valence-corrected chi connectivity index (χ0v) is 17.3. The predicted octanol–water partition coefficient (Wildman–Crippen LogP) is 3.71. The minimum absolute atomic E-state index is 0.682. The molecule has 0 fully saturated rings. The van der Waals surface area contributed by atoms with Gasteiger partial charge in [-0.2, -0.15) is 0 Å². The fourth-order valence-corrected chi connectivity index (χ4v) is 2.87. The molecule has 152 valence electrons. The third kappa shape index (κ3) is 8.01. The van der Waals surface area contributed by atoms with Gasteiger partial charge >= 0.3 is 0 Å². The standard InChI is InChI=1S/C23H33N3O2/c1-19-11-12-20(17-22(19)27-3)13-15-26-23(24-2)25-14-7-8-16-28-18-21-9-5-4-6-10-21/h4-6,9-12,17H,7-8,13-16,18H2,1-3H3,(H2,24,25,26). The van der Waals surface area contributed by atoms with Crippen LogP contribution in [0.4, 0.5) is 0 Å². The summed E-state index contributed by atoms with van der Waals surface area (Å²) in [6.07, 6.45) is 3.00. The van der Waals surface area contributed by atoms with Crippen LogP contribution >= 0.6 is 0 Å². The van der Waals surface area contributed by atoms with E-state index in [0.717, 1.165) is 56.2 Å². The Kier molecular flexibility index (Phi) is 9.94. The lowest BCUT2D eigenvalue weighted by Gasteiger charge is -2.12. The van der Waals surface area contributed by atoms with Gasteiger partial charge in [0, 0.05) is 26.7 Å². The van der Waals surface area contributed by atoms with Crippen LogP contribution in [-0.2, 0) is 17.8 Å². The molecule has 5 nitrogen and oxygen atoms in total. The van der Waals surface area contributed by atoms with Crippen molar-refractivity contribution in [2.24, 2.45) is 4.99 Å². The average molecular weight is 384 g/mol. The third-order valence-electron chi connectivity index (χ3n) is 4.52. The number of aryl methyl sites for hydroxylation is 1. The molecule has 0 unspecified atom stereocenters. The smallest absolute Gasteiger partial charge is 0.190 e. The highest BCUT2D eigenvalue weighted by molar-refractivity contribution is 5.79. The highest BCUT2D eigenvalue weighted by Gasteiger charge is 2.02. The number of benzene rings is 2. The summed E-state index contributed by atoms with van der Waals surface area (Å²) in [5.74, 6) is 1.78. The fourth-order valence-electron chi connectivity index (χ4n) is 2.87. The Morgan fingerprint density at radius 1 is 0.964 bits per heavy atom. The Bertz CT molecular complexity index is 717. The molecular formula is C23H33N3O2. The molecule has 0 aliphatic carbocycles. The largest absolute Gasteiger partial charge is 0.496 e. The molecule has 0 spiro atoms. The number of guanidine groups is 1. The van der Waals surface area contributed by atoms with Crippen molar-refractivity contribution in [3.8, 4) is 5.75 Å². The van der Waals surface area contributed by atoms with Crippen LogP contribution in [0.3, 0.4) is 0 Å². The number of ether oxygens (including phenoxy) is 2. The van der Waals surface area contributed by atoms with Crippen LogP contribution < -0.4 is 15.4 Å². The van der Waals surface area contributed by atoms with Crippen LogP contribution in [-0.4, -0.2) is 39.8 Å². The molecule has 0 amide bonds. The van der Waals surface area contributed by atoms with E-state index in [2.05, 4.69) is 52.9 Å². The first-order valence-electron chi connectivity index (χ1n) is 9.92. The van der Waals surface area contributed by atoms with Crippen LogP contribution in [0.25, 0.3) is 0 Å². The number of hydrogen-bond donors (Lipinski definition) is 2. The molecule has 0 aliphatic rings. The van der Waals surface area contributed by atoms with Crippen molar-refractivity contribution in [2.75, 3.05) is 33.9 Å². The van der Waals surface area contributed by atoms with Gasteiger partial charge in [-0.3, -0.25) is 4.99 Å². The molecule has 0 radical (unpaired) electrons. The Morgan fingerprint density at radius 3 is 2.50 bits per heavy atom. The first-order chi connectivity index (χ1) is 13.7. The van der Waals surface area contributed by atoms with Crippen LogP contribution in [0.5, 0.6) is 5.75 Å². The van der Waals surface area contributed by atoms with Gasteiger partial charge in [0.2, 0.25) is 0 Å². The second-order valence-corrected chi connectivity index (χ2v) is 6.73. The highest BCUT2D eigenvalue weighted by Crippen LogP contribution is 2.18. The molecule has 0 heterocycles. The van der Waals surface area contributed by atoms with Gasteiger partial charge in [0.15, 0.2) is 5.96 Å². The number of nitrogens with one attached hydrogen (secondary N) is 2. The Labute approximate surface area is 169 Å². The van der Waals surface area contributed by atoms with Crippen molar-refractivity contribution in [3.63, 3.8) is 0 Å². The lowest BCUT2D eigenvalue weighted by Crippen LogP contribution is -2.38. The fraction of sp³-hybridized carbons (Fsp3) is 0.435. The van der Waals surface area contributed by atoms with E-state index in [9.17, 15) is 0 Å². The van der Waals surface area contributed by atoms with Crippen LogP contribution in [0.2, 0.25) is 0 Å². The predicted molar refractivity (Wildman–Crippen MR) is 116 cm³/mol. The summed E-state index contributed by atoms with van der Waals surface area (Å²) >= 11 is 0. The van der Waals surface area contributed by atoms with E-state index in [1.54, 1.807) is 14.2 Å². The SMILES string of the molecule is CN=C(NCCCCOCc1ccccc1)NCCc1ccc(C)c(OC)c1. The zero-order chi connectivity index (χ0) is 20.0. The molecule has 0 saturated heterocycles. The molecule has 2 aromatic rings. The second kappa shape index (κ2) is 12.8. The number of methoxy groups -OCH3 is 1. The molecule has 5 heteroatoms. The summed E-state index contributed by atoms with van der Waals surface area (Å²) < 4.78 is 11.1. The second-order valence-electron chi connectivity index (χ2n) is 6.73. The van der Waals surface area contributed by atoms with E-state index in [0.29, 0.717) is 6.61 Å². The number of aliphatic imine (C=N–C) groups is 1. The van der Waals surface area contributed by atoms with E-state index in [1.165, 1.54) is 11.1 Å². The molecule has 0 atom stereocenters. The maximum atomic E-state index is 5.71. The topological polar surface area (TPSA) is 54.9 Å². The van der Waals surface area contributed by atoms with Crippen molar-refractivity contribution in [1.82, 2.24) is 10.6 Å². The number of hydrogen-bond acceptors (Lipinski definition) is 3. The van der Waals surface area contributed by atoms with Crippen molar-refractivity contribution >= 4 is 5.96 Å². The summed E-state index contributed by atoms with van der Waals surface area (Å²) in [6, 6.07) is 16.6. The quantitative estimate of drug-likeness (QED) is 0.353. The minimum atomic E-state index is 0.682. The molecule has 0 aliphatic heterocycles. The number of unbranched alkanes of at least 4 members (excludes halogenated alkanes) is 1. The van der Waals surface area contributed by atoms with E-state index in [-0.39, 0.29) is 0 Å². The summed E-state index contributed by atoms with van der Waals surface area (Å²) in [5.41, 5.74) is 3.63. The Hall–Kier alpha value is -2.53. The van der Waals surface area contributed by atoms with Gasteiger partial charge in [0.25, 0.3) is 0 Å². The molecule has 2 N–H and O–H groups in total. The Morgan fingerprint density at radius 2 is 1.75 bits per heavy atom. The lowest BCUT2D eigenvalue weighted by atomic mass is 10.1. The van der Waals surface area contributed by atoms with Gasteiger partial charge in [0.1, 0.15) is 5.75 Å².